The molecule has 0 unspecified atom stereocenters. The molecule has 0 bridgehead atoms. The Kier molecular flexibility index (Phi) is 4.19. The monoisotopic (exact) mass is 243 g/mol. The summed E-state index contributed by atoms with van der Waals surface area (Å²) < 4.78 is 0. The molecule has 1 aromatic rings. The van der Waals surface area contributed by atoms with Crippen LogP contribution in [0.3, 0.4) is 0 Å². The van der Waals surface area contributed by atoms with Crippen molar-refractivity contribution in [2.75, 3.05) is 13.1 Å². The second kappa shape index (κ2) is 5.85. The van der Waals surface area contributed by atoms with E-state index < -0.39 is 0 Å². The quantitative estimate of drug-likeness (QED) is 0.776. The van der Waals surface area contributed by atoms with Crippen molar-refractivity contribution in [3.05, 3.63) is 42.0 Å². The van der Waals surface area contributed by atoms with Gasteiger partial charge in [-0.2, -0.15) is 0 Å². The summed E-state index contributed by atoms with van der Waals surface area (Å²) in [7, 11) is 0. The Morgan fingerprint density at radius 1 is 1.33 bits per heavy atom. The lowest BCUT2D eigenvalue weighted by Crippen LogP contribution is -2.32. The van der Waals surface area contributed by atoms with E-state index in [2.05, 4.69) is 25.1 Å². The predicted molar refractivity (Wildman–Crippen MR) is 75.1 cm³/mol. The largest absolute Gasteiger partial charge is 0.339 e. The highest BCUT2D eigenvalue weighted by molar-refractivity contribution is 5.81. The molecule has 1 aliphatic carbocycles. The standard InChI is InChI=1S/C16H21NO/c1-3-17(16(18)15-9-10-15)12-11-13(2)14-7-5-4-6-8-14/h4-8,11,15H,3,9-10,12H2,1-2H3/b13-11-. The molecule has 2 rings (SSSR count). The van der Waals surface area contributed by atoms with E-state index in [9.17, 15) is 4.79 Å². The molecular formula is C16H21NO. The first-order chi connectivity index (χ1) is 8.72. The van der Waals surface area contributed by atoms with Gasteiger partial charge in [0.05, 0.1) is 0 Å². The van der Waals surface area contributed by atoms with Crippen LogP contribution in [0, 0.1) is 5.92 Å². The molecule has 1 fully saturated rings. The molecule has 18 heavy (non-hydrogen) atoms. The van der Waals surface area contributed by atoms with Crippen LogP contribution in [0.25, 0.3) is 5.57 Å². The van der Waals surface area contributed by atoms with Crippen LogP contribution in [0.2, 0.25) is 0 Å². The molecule has 2 heteroatoms. The van der Waals surface area contributed by atoms with E-state index in [0.29, 0.717) is 11.8 Å². The maximum atomic E-state index is 12.0. The molecule has 96 valence electrons. The summed E-state index contributed by atoms with van der Waals surface area (Å²) >= 11 is 0. The van der Waals surface area contributed by atoms with Gasteiger partial charge in [0, 0.05) is 19.0 Å². The fourth-order valence-corrected chi connectivity index (χ4v) is 2.03. The zero-order valence-electron chi connectivity index (χ0n) is 11.2. The Morgan fingerprint density at radius 2 is 2.00 bits per heavy atom. The molecule has 0 aliphatic heterocycles. The van der Waals surface area contributed by atoms with Crippen LogP contribution < -0.4 is 0 Å². The zero-order chi connectivity index (χ0) is 13.0. The van der Waals surface area contributed by atoms with Crippen LogP contribution in [0.5, 0.6) is 0 Å². The summed E-state index contributed by atoms with van der Waals surface area (Å²) in [5, 5.41) is 0. The molecule has 0 heterocycles. The van der Waals surface area contributed by atoms with Crippen LogP contribution in [-0.4, -0.2) is 23.9 Å². The minimum atomic E-state index is 0.315. The summed E-state index contributed by atoms with van der Waals surface area (Å²) in [6, 6.07) is 10.3. The van der Waals surface area contributed by atoms with E-state index in [-0.39, 0.29) is 0 Å². The van der Waals surface area contributed by atoms with Gasteiger partial charge < -0.3 is 4.90 Å². The Bertz CT molecular complexity index is 432. The molecule has 0 aromatic heterocycles. The van der Waals surface area contributed by atoms with Crippen LogP contribution in [0.1, 0.15) is 32.3 Å². The third kappa shape index (κ3) is 3.22. The third-order valence-corrected chi connectivity index (χ3v) is 3.47. The van der Waals surface area contributed by atoms with E-state index >= 15 is 0 Å². The lowest BCUT2D eigenvalue weighted by atomic mass is 10.1. The second-order valence-corrected chi connectivity index (χ2v) is 4.90. The minimum Gasteiger partial charge on any atom is -0.339 e. The third-order valence-electron chi connectivity index (χ3n) is 3.47. The van der Waals surface area contributed by atoms with Gasteiger partial charge in [-0.25, -0.2) is 0 Å². The fraction of sp³-hybridized carbons (Fsp3) is 0.438. The topological polar surface area (TPSA) is 20.3 Å². The summed E-state index contributed by atoms with van der Waals surface area (Å²) in [6.45, 7) is 5.68. The highest BCUT2D eigenvalue weighted by Crippen LogP contribution is 2.31. The van der Waals surface area contributed by atoms with Gasteiger partial charge >= 0.3 is 0 Å². The van der Waals surface area contributed by atoms with Gasteiger partial charge in [0.25, 0.3) is 0 Å². The summed E-state index contributed by atoms with van der Waals surface area (Å²) in [4.78, 5) is 13.9. The number of likely N-dealkylation sites (N-methyl/N-ethyl adjacent to an activating group) is 1. The van der Waals surface area contributed by atoms with Gasteiger partial charge in [-0.3, -0.25) is 4.79 Å². The van der Waals surface area contributed by atoms with Gasteiger partial charge in [-0.15, -0.1) is 0 Å². The molecule has 1 amide bonds. The normalized spacial score (nSPS) is 15.6. The molecule has 0 atom stereocenters. The van der Waals surface area contributed by atoms with Gasteiger partial charge in [0.1, 0.15) is 0 Å². The van der Waals surface area contributed by atoms with Crippen molar-refractivity contribution in [2.45, 2.75) is 26.7 Å². The summed E-state index contributed by atoms with van der Waals surface area (Å²) in [6.07, 6.45) is 4.31. The average Bonchev–Trinajstić information content (AvgIpc) is 3.24. The highest BCUT2D eigenvalue weighted by Gasteiger charge is 2.32. The van der Waals surface area contributed by atoms with E-state index in [1.54, 1.807) is 0 Å². The number of amides is 1. The number of rotatable bonds is 5. The number of nitrogens with zero attached hydrogens (tertiary/aromatic N) is 1. The number of carbonyl (C=O) groups excluding carboxylic acids is 1. The minimum absolute atomic E-state index is 0.315. The average molecular weight is 243 g/mol. The first-order valence-corrected chi connectivity index (χ1v) is 6.73. The Hall–Kier alpha value is -1.57. The lowest BCUT2D eigenvalue weighted by molar-refractivity contribution is -0.131. The number of allylic oxidation sites excluding steroid dienone is 1. The molecule has 1 aromatic carbocycles. The Morgan fingerprint density at radius 3 is 2.56 bits per heavy atom. The van der Waals surface area contributed by atoms with Crippen molar-refractivity contribution in [3.8, 4) is 0 Å². The number of hydrogen-bond donors (Lipinski definition) is 0. The van der Waals surface area contributed by atoms with Crippen molar-refractivity contribution in [1.82, 2.24) is 4.90 Å². The van der Waals surface area contributed by atoms with Crippen molar-refractivity contribution in [2.24, 2.45) is 5.92 Å². The van der Waals surface area contributed by atoms with Crippen molar-refractivity contribution >= 4 is 11.5 Å². The maximum Gasteiger partial charge on any atom is 0.225 e. The number of benzene rings is 1. The van der Waals surface area contributed by atoms with E-state index in [0.717, 1.165) is 25.9 Å². The first kappa shape index (κ1) is 12.9. The van der Waals surface area contributed by atoms with Crippen LogP contribution in [-0.2, 0) is 4.79 Å². The Labute approximate surface area is 109 Å². The summed E-state index contributed by atoms with van der Waals surface area (Å²) in [5.74, 6) is 0.644. The number of carbonyl (C=O) groups is 1. The van der Waals surface area contributed by atoms with Crippen LogP contribution in [0.4, 0.5) is 0 Å². The maximum absolute atomic E-state index is 12.0. The van der Waals surface area contributed by atoms with Gasteiger partial charge in [-0.1, -0.05) is 36.4 Å². The second-order valence-electron chi connectivity index (χ2n) is 4.90. The molecule has 0 spiro atoms. The van der Waals surface area contributed by atoms with Gasteiger partial charge in [0.2, 0.25) is 5.91 Å². The van der Waals surface area contributed by atoms with Crippen molar-refractivity contribution in [3.63, 3.8) is 0 Å². The highest BCUT2D eigenvalue weighted by atomic mass is 16.2. The van der Waals surface area contributed by atoms with E-state index in [4.69, 9.17) is 0 Å². The molecule has 1 aliphatic rings. The number of hydrogen-bond acceptors (Lipinski definition) is 1. The van der Waals surface area contributed by atoms with Crippen LogP contribution >= 0.6 is 0 Å². The molecule has 0 saturated heterocycles. The van der Waals surface area contributed by atoms with E-state index in [1.807, 2.05) is 30.0 Å². The Balaban J connectivity index is 1.97. The summed E-state index contributed by atoms with van der Waals surface area (Å²) in [5.41, 5.74) is 2.46. The molecule has 1 saturated carbocycles. The van der Waals surface area contributed by atoms with Crippen molar-refractivity contribution < 1.29 is 4.79 Å². The van der Waals surface area contributed by atoms with Crippen LogP contribution in [0.15, 0.2) is 36.4 Å². The van der Waals surface area contributed by atoms with Gasteiger partial charge in [0.15, 0.2) is 0 Å². The van der Waals surface area contributed by atoms with E-state index in [1.165, 1.54) is 11.1 Å². The predicted octanol–water partition coefficient (Wildman–Crippen LogP) is 3.35. The van der Waals surface area contributed by atoms with Gasteiger partial charge in [-0.05, 0) is 37.8 Å². The molecule has 2 nitrogen and oxygen atoms in total. The fourth-order valence-electron chi connectivity index (χ4n) is 2.03. The first-order valence-electron chi connectivity index (χ1n) is 6.73. The molecule has 0 N–H and O–H groups in total. The molecule has 0 radical (unpaired) electrons. The smallest absolute Gasteiger partial charge is 0.225 e. The molecular weight excluding hydrogens is 222 g/mol. The van der Waals surface area contributed by atoms with Crippen molar-refractivity contribution in [1.29, 1.82) is 0 Å². The lowest BCUT2D eigenvalue weighted by Gasteiger charge is -2.19. The SMILES string of the molecule is CCN(C/C=C(/C)c1ccccc1)C(=O)C1CC1. The zero-order valence-corrected chi connectivity index (χ0v) is 11.2.